The molecular weight excluding hydrogens is 315 g/mol. The summed E-state index contributed by atoms with van der Waals surface area (Å²) in [5.41, 5.74) is 1.08. The Morgan fingerprint density at radius 3 is 2.48 bits per heavy atom. The van der Waals surface area contributed by atoms with Crippen molar-refractivity contribution in [3.8, 4) is 0 Å². The van der Waals surface area contributed by atoms with E-state index in [0.29, 0.717) is 24.1 Å². The fourth-order valence-corrected chi connectivity index (χ4v) is 3.28. The molecule has 21 heavy (non-hydrogen) atoms. The van der Waals surface area contributed by atoms with Crippen molar-refractivity contribution in [2.45, 2.75) is 32.6 Å². The molecule has 5 nitrogen and oxygen atoms in total. The van der Waals surface area contributed by atoms with Gasteiger partial charge in [-0.25, -0.2) is 4.98 Å². The predicted molar refractivity (Wildman–Crippen MR) is 80.7 cm³/mol. The summed E-state index contributed by atoms with van der Waals surface area (Å²) < 4.78 is 0. The predicted octanol–water partition coefficient (Wildman–Crippen LogP) is 3.53. The number of nitrogens with one attached hydrogen (secondary N) is 1. The van der Waals surface area contributed by atoms with Crippen molar-refractivity contribution < 1.29 is 14.7 Å². The van der Waals surface area contributed by atoms with Crippen LogP contribution in [-0.4, -0.2) is 22.0 Å². The van der Waals surface area contributed by atoms with Crippen molar-refractivity contribution in [1.29, 1.82) is 0 Å². The van der Waals surface area contributed by atoms with E-state index in [1.54, 1.807) is 13.0 Å². The van der Waals surface area contributed by atoms with Gasteiger partial charge in [0, 0.05) is 0 Å². The number of pyridine rings is 1. The van der Waals surface area contributed by atoms with Crippen molar-refractivity contribution >= 4 is 40.8 Å². The van der Waals surface area contributed by atoms with Crippen molar-refractivity contribution in [1.82, 2.24) is 4.98 Å². The summed E-state index contributed by atoms with van der Waals surface area (Å²) in [5.74, 6) is -2.43. The minimum Gasteiger partial charge on any atom is -0.481 e. The van der Waals surface area contributed by atoms with Gasteiger partial charge in [0.25, 0.3) is 0 Å². The lowest BCUT2D eigenvalue weighted by atomic mass is 9.78. The highest BCUT2D eigenvalue weighted by molar-refractivity contribution is 6.34. The van der Waals surface area contributed by atoms with Gasteiger partial charge in [0.1, 0.15) is 5.15 Å². The number of nitrogens with zero attached hydrogens (tertiary/aromatic N) is 1. The van der Waals surface area contributed by atoms with Crippen LogP contribution in [-0.2, 0) is 9.59 Å². The molecule has 0 saturated heterocycles. The molecule has 7 heteroatoms. The van der Waals surface area contributed by atoms with E-state index in [9.17, 15) is 14.7 Å². The van der Waals surface area contributed by atoms with E-state index in [4.69, 9.17) is 23.2 Å². The van der Waals surface area contributed by atoms with Crippen LogP contribution in [0.15, 0.2) is 6.07 Å². The summed E-state index contributed by atoms with van der Waals surface area (Å²) in [7, 11) is 0. The Labute approximate surface area is 132 Å². The van der Waals surface area contributed by atoms with Crippen LogP contribution >= 0.6 is 23.2 Å². The number of amides is 1. The Hall–Kier alpha value is -1.33. The molecule has 1 aromatic rings. The third-order valence-corrected chi connectivity index (χ3v) is 4.28. The van der Waals surface area contributed by atoms with Crippen LogP contribution in [0, 0.1) is 18.8 Å². The summed E-state index contributed by atoms with van der Waals surface area (Å²) in [6.45, 7) is 1.75. The Balaban J connectivity index is 2.19. The van der Waals surface area contributed by atoms with Gasteiger partial charge in [-0.2, -0.15) is 0 Å². The van der Waals surface area contributed by atoms with E-state index in [1.165, 1.54) is 0 Å². The third-order valence-electron chi connectivity index (χ3n) is 3.81. The molecule has 2 atom stereocenters. The lowest BCUT2D eigenvalue weighted by Gasteiger charge is -2.27. The summed E-state index contributed by atoms with van der Waals surface area (Å²) in [6, 6.07) is 1.60. The maximum Gasteiger partial charge on any atom is 0.307 e. The quantitative estimate of drug-likeness (QED) is 0.831. The number of carbonyl (C=O) groups is 2. The van der Waals surface area contributed by atoms with Gasteiger partial charge in [0.2, 0.25) is 5.91 Å². The monoisotopic (exact) mass is 330 g/mol. The van der Waals surface area contributed by atoms with Gasteiger partial charge >= 0.3 is 5.97 Å². The minimum atomic E-state index is -0.924. The van der Waals surface area contributed by atoms with Gasteiger partial charge < -0.3 is 10.4 Å². The van der Waals surface area contributed by atoms with Crippen LogP contribution in [0.5, 0.6) is 0 Å². The molecule has 0 aliphatic heterocycles. The molecular formula is C14H16Cl2N2O3. The molecule has 1 heterocycles. The van der Waals surface area contributed by atoms with E-state index in [-0.39, 0.29) is 16.2 Å². The minimum absolute atomic E-state index is 0.107. The van der Waals surface area contributed by atoms with Gasteiger partial charge in [0.05, 0.1) is 17.5 Å². The highest BCUT2D eigenvalue weighted by atomic mass is 35.5. The second kappa shape index (κ2) is 6.62. The molecule has 1 saturated carbocycles. The van der Waals surface area contributed by atoms with Crippen molar-refractivity contribution in [2.24, 2.45) is 11.8 Å². The molecule has 0 unspecified atom stereocenters. The van der Waals surface area contributed by atoms with Crippen LogP contribution in [0.25, 0.3) is 0 Å². The number of aryl methyl sites for hydroxylation is 1. The first kappa shape index (κ1) is 16.0. The molecule has 114 valence electrons. The molecule has 0 aromatic carbocycles. The van der Waals surface area contributed by atoms with Crippen molar-refractivity contribution in [3.05, 3.63) is 21.9 Å². The fourth-order valence-electron chi connectivity index (χ4n) is 2.70. The first-order valence-electron chi connectivity index (χ1n) is 6.76. The van der Waals surface area contributed by atoms with Crippen molar-refractivity contribution in [3.63, 3.8) is 0 Å². The average molecular weight is 331 g/mol. The van der Waals surface area contributed by atoms with Crippen molar-refractivity contribution in [2.75, 3.05) is 5.32 Å². The molecule has 0 spiro atoms. The van der Waals surface area contributed by atoms with Crippen LogP contribution in [0.3, 0.4) is 0 Å². The van der Waals surface area contributed by atoms with E-state index in [1.807, 2.05) is 0 Å². The molecule has 0 bridgehead atoms. The lowest BCUT2D eigenvalue weighted by molar-refractivity contribution is -0.147. The van der Waals surface area contributed by atoms with E-state index in [0.717, 1.165) is 12.8 Å². The summed E-state index contributed by atoms with van der Waals surface area (Å²) in [6.07, 6.45) is 2.79. The first-order valence-corrected chi connectivity index (χ1v) is 7.52. The summed E-state index contributed by atoms with van der Waals surface area (Å²) in [4.78, 5) is 27.5. The molecule has 1 amide bonds. The number of carboxylic acid groups (broad SMARTS) is 1. The zero-order valence-corrected chi connectivity index (χ0v) is 13.0. The van der Waals surface area contributed by atoms with Crippen LogP contribution in [0.1, 0.15) is 31.2 Å². The normalized spacial score (nSPS) is 21.9. The number of hydrogen-bond donors (Lipinski definition) is 2. The number of halogens is 2. The number of carboxylic acids is 1. The Bertz CT molecular complexity index is 554. The largest absolute Gasteiger partial charge is 0.481 e. The van der Waals surface area contributed by atoms with Gasteiger partial charge in [-0.05, 0) is 31.4 Å². The third kappa shape index (κ3) is 3.66. The maximum absolute atomic E-state index is 12.4. The van der Waals surface area contributed by atoms with Gasteiger partial charge in [0.15, 0.2) is 5.15 Å². The zero-order valence-electron chi connectivity index (χ0n) is 11.5. The van der Waals surface area contributed by atoms with Gasteiger partial charge in [-0.1, -0.05) is 36.0 Å². The topological polar surface area (TPSA) is 79.3 Å². The SMILES string of the molecule is Cc1cc(Cl)nc(Cl)c1NC(=O)[C@@H]1CCCC[C@@H]1C(=O)O. The summed E-state index contributed by atoms with van der Waals surface area (Å²) in [5, 5.41) is 12.3. The summed E-state index contributed by atoms with van der Waals surface area (Å²) >= 11 is 11.8. The first-order chi connectivity index (χ1) is 9.90. The Morgan fingerprint density at radius 2 is 1.90 bits per heavy atom. The van der Waals surface area contributed by atoms with Crippen LogP contribution < -0.4 is 5.32 Å². The van der Waals surface area contributed by atoms with Crippen LogP contribution in [0.2, 0.25) is 10.3 Å². The molecule has 1 fully saturated rings. The second-order valence-corrected chi connectivity index (χ2v) is 6.00. The van der Waals surface area contributed by atoms with E-state index < -0.39 is 17.8 Å². The molecule has 2 N–H and O–H groups in total. The lowest BCUT2D eigenvalue weighted by Crippen LogP contribution is -2.36. The van der Waals surface area contributed by atoms with Crippen LogP contribution in [0.4, 0.5) is 5.69 Å². The fraction of sp³-hybridized carbons (Fsp3) is 0.500. The van der Waals surface area contributed by atoms with Gasteiger partial charge in [-0.3, -0.25) is 9.59 Å². The smallest absolute Gasteiger partial charge is 0.307 e. The molecule has 2 rings (SSSR count). The Morgan fingerprint density at radius 1 is 1.29 bits per heavy atom. The highest BCUT2D eigenvalue weighted by Gasteiger charge is 2.36. The molecule has 1 aliphatic rings. The molecule has 1 aromatic heterocycles. The van der Waals surface area contributed by atoms with Gasteiger partial charge in [-0.15, -0.1) is 0 Å². The number of anilines is 1. The standard InChI is InChI=1S/C14H16Cl2N2O3/c1-7-6-10(15)17-12(16)11(7)18-13(19)8-4-2-3-5-9(8)14(20)21/h6,8-9H,2-5H2,1H3,(H,18,19)(H,20,21)/t8-,9+/m1/s1. The number of carbonyl (C=O) groups excluding carboxylic acids is 1. The number of rotatable bonds is 3. The Kier molecular flexibility index (Phi) is 5.06. The molecule has 0 radical (unpaired) electrons. The highest BCUT2D eigenvalue weighted by Crippen LogP contribution is 2.33. The maximum atomic E-state index is 12.4. The second-order valence-electron chi connectivity index (χ2n) is 5.25. The number of aliphatic carboxylic acids is 1. The molecule has 1 aliphatic carbocycles. The number of aromatic nitrogens is 1. The van der Waals surface area contributed by atoms with E-state index >= 15 is 0 Å². The zero-order chi connectivity index (χ0) is 15.6. The average Bonchev–Trinajstić information content (AvgIpc) is 2.42. The van der Waals surface area contributed by atoms with E-state index in [2.05, 4.69) is 10.3 Å². The number of hydrogen-bond acceptors (Lipinski definition) is 3.